The van der Waals surface area contributed by atoms with Crippen molar-refractivity contribution in [3.63, 3.8) is 0 Å². The molecule has 7 heteroatoms. The Bertz CT molecular complexity index is 580. The zero-order chi connectivity index (χ0) is 17.8. The molecule has 140 valence electrons. The number of carbonyl (C=O) groups is 1. The van der Waals surface area contributed by atoms with Crippen LogP contribution in [-0.2, 0) is 18.3 Å². The lowest BCUT2D eigenvalue weighted by Gasteiger charge is -2.32. The van der Waals surface area contributed by atoms with Crippen LogP contribution in [0, 0.1) is 0 Å². The SMILES string of the molecule is CC(C)OC(=O)N1CCC[C@H](c2nnc(CN3CCCCC3)n2C)C1. The normalized spacial score (nSPS) is 22.4. The summed E-state index contributed by atoms with van der Waals surface area (Å²) in [6.07, 6.45) is 5.62. The standard InChI is InChI=1S/C18H31N5O2/c1-14(2)25-18(24)23-11-7-8-15(12-23)17-20-19-16(21(17)3)13-22-9-5-4-6-10-22/h14-15H,4-13H2,1-3H3/t15-/m0/s1. The van der Waals surface area contributed by atoms with Crippen molar-refractivity contribution in [1.82, 2.24) is 24.6 Å². The summed E-state index contributed by atoms with van der Waals surface area (Å²) in [7, 11) is 2.06. The first-order chi connectivity index (χ1) is 12.0. The van der Waals surface area contributed by atoms with Crippen LogP contribution in [0.25, 0.3) is 0 Å². The highest BCUT2D eigenvalue weighted by atomic mass is 16.6. The summed E-state index contributed by atoms with van der Waals surface area (Å²) in [4.78, 5) is 16.5. The average Bonchev–Trinajstić information content (AvgIpc) is 2.96. The summed E-state index contributed by atoms with van der Waals surface area (Å²) in [5, 5.41) is 8.91. The number of hydrogen-bond acceptors (Lipinski definition) is 5. The van der Waals surface area contributed by atoms with Crippen molar-refractivity contribution >= 4 is 6.09 Å². The van der Waals surface area contributed by atoms with Gasteiger partial charge in [-0.15, -0.1) is 10.2 Å². The largest absolute Gasteiger partial charge is 0.447 e. The van der Waals surface area contributed by atoms with Crippen molar-refractivity contribution < 1.29 is 9.53 Å². The molecule has 1 atom stereocenters. The molecule has 0 N–H and O–H groups in total. The van der Waals surface area contributed by atoms with E-state index in [-0.39, 0.29) is 18.1 Å². The summed E-state index contributed by atoms with van der Waals surface area (Å²) in [6.45, 7) is 8.38. The van der Waals surface area contributed by atoms with Crippen LogP contribution in [0.2, 0.25) is 0 Å². The minimum absolute atomic E-state index is 0.0844. The highest BCUT2D eigenvalue weighted by Gasteiger charge is 2.29. The molecule has 3 heterocycles. The van der Waals surface area contributed by atoms with Gasteiger partial charge in [0.15, 0.2) is 0 Å². The second-order valence-electron chi connectivity index (χ2n) is 7.59. The number of piperidine rings is 2. The molecular weight excluding hydrogens is 318 g/mol. The lowest BCUT2D eigenvalue weighted by molar-refractivity contribution is 0.0675. The van der Waals surface area contributed by atoms with Gasteiger partial charge in [0, 0.05) is 26.1 Å². The van der Waals surface area contributed by atoms with Gasteiger partial charge in [0.1, 0.15) is 11.6 Å². The van der Waals surface area contributed by atoms with Gasteiger partial charge < -0.3 is 14.2 Å². The Labute approximate surface area is 150 Å². The topological polar surface area (TPSA) is 63.5 Å². The molecule has 0 aromatic carbocycles. The van der Waals surface area contributed by atoms with Gasteiger partial charge in [-0.25, -0.2) is 4.79 Å². The van der Waals surface area contributed by atoms with Gasteiger partial charge in [-0.1, -0.05) is 6.42 Å². The molecule has 2 aliphatic heterocycles. The number of nitrogens with zero attached hydrogens (tertiary/aromatic N) is 5. The maximum Gasteiger partial charge on any atom is 0.410 e. The molecule has 0 saturated carbocycles. The van der Waals surface area contributed by atoms with E-state index in [9.17, 15) is 4.79 Å². The Morgan fingerprint density at radius 2 is 1.92 bits per heavy atom. The summed E-state index contributed by atoms with van der Waals surface area (Å²) in [5.41, 5.74) is 0. The fourth-order valence-electron chi connectivity index (χ4n) is 3.82. The highest BCUT2D eigenvalue weighted by Crippen LogP contribution is 2.26. The summed E-state index contributed by atoms with van der Waals surface area (Å²) in [6, 6.07) is 0. The minimum atomic E-state index is -0.213. The molecule has 3 rings (SSSR count). The lowest BCUT2D eigenvalue weighted by Crippen LogP contribution is -2.40. The molecule has 1 amide bonds. The summed E-state index contributed by atoms with van der Waals surface area (Å²) < 4.78 is 7.48. The first-order valence-electron chi connectivity index (χ1n) is 9.60. The van der Waals surface area contributed by atoms with Gasteiger partial charge >= 0.3 is 6.09 Å². The molecule has 1 aromatic heterocycles. The van der Waals surface area contributed by atoms with E-state index in [1.54, 1.807) is 0 Å². The number of carbonyl (C=O) groups excluding carboxylic acids is 1. The van der Waals surface area contributed by atoms with Crippen LogP contribution in [0.1, 0.15) is 63.5 Å². The van der Waals surface area contributed by atoms with Crippen LogP contribution in [0.5, 0.6) is 0 Å². The maximum atomic E-state index is 12.2. The van der Waals surface area contributed by atoms with Crippen molar-refractivity contribution in [2.75, 3.05) is 26.2 Å². The van der Waals surface area contributed by atoms with E-state index in [2.05, 4.69) is 26.7 Å². The number of likely N-dealkylation sites (tertiary alicyclic amines) is 2. The molecule has 2 aliphatic rings. The molecule has 0 unspecified atom stereocenters. The van der Waals surface area contributed by atoms with E-state index >= 15 is 0 Å². The van der Waals surface area contributed by atoms with Gasteiger partial charge in [0.25, 0.3) is 0 Å². The van der Waals surface area contributed by atoms with Crippen molar-refractivity contribution in [3.05, 3.63) is 11.6 Å². The number of rotatable bonds is 4. The third kappa shape index (κ3) is 4.51. The maximum absolute atomic E-state index is 12.2. The Balaban J connectivity index is 1.64. The smallest absolute Gasteiger partial charge is 0.410 e. The molecule has 0 aliphatic carbocycles. The van der Waals surface area contributed by atoms with Crippen LogP contribution in [-0.4, -0.2) is 62.9 Å². The molecule has 0 bridgehead atoms. The Hall–Kier alpha value is -1.63. The molecule has 1 aromatic rings. The van der Waals surface area contributed by atoms with E-state index < -0.39 is 0 Å². The zero-order valence-electron chi connectivity index (χ0n) is 15.8. The molecular formula is C18H31N5O2. The Morgan fingerprint density at radius 3 is 2.64 bits per heavy atom. The Kier molecular flexibility index (Phi) is 5.93. The second kappa shape index (κ2) is 8.17. The second-order valence-corrected chi connectivity index (χ2v) is 7.59. The zero-order valence-corrected chi connectivity index (χ0v) is 15.8. The van der Waals surface area contributed by atoms with Crippen molar-refractivity contribution in [3.8, 4) is 0 Å². The fourth-order valence-corrected chi connectivity index (χ4v) is 3.82. The van der Waals surface area contributed by atoms with Crippen LogP contribution in [0.3, 0.4) is 0 Å². The first kappa shape index (κ1) is 18.2. The molecule has 0 radical (unpaired) electrons. The summed E-state index contributed by atoms with van der Waals surface area (Å²) >= 11 is 0. The molecule has 0 spiro atoms. The monoisotopic (exact) mass is 349 g/mol. The van der Waals surface area contributed by atoms with Gasteiger partial charge in [0.05, 0.1) is 12.6 Å². The number of hydrogen-bond donors (Lipinski definition) is 0. The number of ether oxygens (including phenoxy) is 1. The predicted octanol–water partition coefficient (Wildman–Crippen LogP) is 2.53. The highest BCUT2D eigenvalue weighted by molar-refractivity contribution is 5.68. The third-order valence-corrected chi connectivity index (χ3v) is 5.19. The quantitative estimate of drug-likeness (QED) is 0.836. The van der Waals surface area contributed by atoms with Gasteiger partial charge in [-0.2, -0.15) is 0 Å². The van der Waals surface area contributed by atoms with Crippen LogP contribution in [0.4, 0.5) is 4.79 Å². The minimum Gasteiger partial charge on any atom is -0.447 e. The van der Waals surface area contributed by atoms with Gasteiger partial charge in [-0.3, -0.25) is 4.90 Å². The van der Waals surface area contributed by atoms with E-state index in [4.69, 9.17) is 4.74 Å². The van der Waals surface area contributed by atoms with Gasteiger partial charge in [0.2, 0.25) is 0 Å². The van der Waals surface area contributed by atoms with E-state index in [0.717, 1.165) is 50.7 Å². The molecule has 25 heavy (non-hydrogen) atoms. The van der Waals surface area contributed by atoms with Crippen molar-refractivity contribution in [2.24, 2.45) is 7.05 Å². The molecule has 2 saturated heterocycles. The number of aromatic nitrogens is 3. The number of amides is 1. The lowest BCUT2D eigenvalue weighted by atomic mass is 9.97. The van der Waals surface area contributed by atoms with E-state index in [1.807, 2.05) is 18.7 Å². The third-order valence-electron chi connectivity index (χ3n) is 5.19. The van der Waals surface area contributed by atoms with E-state index in [1.165, 1.54) is 19.3 Å². The molecule has 7 nitrogen and oxygen atoms in total. The summed E-state index contributed by atoms with van der Waals surface area (Å²) in [5.74, 6) is 2.26. The van der Waals surface area contributed by atoms with Crippen molar-refractivity contribution in [2.45, 2.75) is 64.5 Å². The van der Waals surface area contributed by atoms with E-state index in [0.29, 0.717) is 6.54 Å². The van der Waals surface area contributed by atoms with Crippen LogP contribution >= 0.6 is 0 Å². The molecule has 2 fully saturated rings. The Morgan fingerprint density at radius 1 is 1.16 bits per heavy atom. The van der Waals surface area contributed by atoms with Crippen LogP contribution in [0.15, 0.2) is 0 Å². The van der Waals surface area contributed by atoms with Crippen molar-refractivity contribution in [1.29, 1.82) is 0 Å². The average molecular weight is 349 g/mol. The first-order valence-corrected chi connectivity index (χ1v) is 9.60. The predicted molar refractivity (Wildman–Crippen MR) is 95.3 cm³/mol. The fraction of sp³-hybridized carbons (Fsp3) is 0.833. The van der Waals surface area contributed by atoms with Gasteiger partial charge in [-0.05, 0) is 52.6 Å². The van der Waals surface area contributed by atoms with Crippen LogP contribution < -0.4 is 0 Å².